The first-order valence-electron chi connectivity index (χ1n) is 9.23. The number of para-hydroxylation sites is 1. The second-order valence-corrected chi connectivity index (χ2v) is 6.87. The zero-order valence-corrected chi connectivity index (χ0v) is 14.9. The molecule has 140 valence electrons. The van der Waals surface area contributed by atoms with Crippen molar-refractivity contribution in [3.63, 3.8) is 0 Å². The van der Waals surface area contributed by atoms with Crippen LogP contribution in [0.15, 0.2) is 36.9 Å². The molecule has 1 saturated heterocycles. The number of hydrogen-bond acceptors (Lipinski definition) is 7. The lowest BCUT2D eigenvalue weighted by atomic mass is 10.2. The summed E-state index contributed by atoms with van der Waals surface area (Å²) in [5, 5.41) is 9.32. The molecule has 2 aliphatic heterocycles. The highest BCUT2D eigenvalue weighted by molar-refractivity contribution is 5.83. The molecule has 1 N–H and O–H groups in total. The topological polar surface area (TPSA) is 85.5 Å². The molecular formula is C19H21N5O3. The maximum atomic E-state index is 9.32. The quantitative estimate of drug-likeness (QED) is 0.757. The van der Waals surface area contributed by atoms with Crippen molar-refractivity contribution < 1.29 is 14.6 Å². The Bertz CT molecular complexity index is 959. The van der Waals surface area contributed by atoms with Crippen molar-refractivity contribution in [3.8, 4) is 5.75 Å². The van der Waals surface area contributed by atoms with Gasteiger partial charge in [0.1, 0.15) is 24.9 Å². The van der Waals surface area contributed by atoms with E-state index in [9.17, 15) is 5.11 Å². The van der Waals surface area contributed by atoms with Gasteiger partial charge >= 0.3 is 0 Å². The fraction of sp³-hybridized carbons (Fsp3) is 0.421. The lowest BCUT2D eigenvalue weighted by Gasteiger charge is -2.21. The van der Waals surface area contributed by atoms with Crippen LogP contribution in [0.2, 0.25) is 0 Å². The van der Waals surface area contributed by atoms with E-state index in [-0.39, 0.29) is 18.9 Å². The number of nitrogens with zero attached hydrogens (tertiary/aromatic N) is 5. The number of aliphatic hydroxyl groups is 1. The number of benzene rings is 1. The van der Waals surface area contributed by atoms with Crippen LogP contribution in [0.25, 0.3) is 11.2 Å². The van der Waals surface area contributed by atoms with E-state index in [1.54, 1.807) is 12.7 Å². The average molecular weight is 367 g/mol. The van der Waals surface area contributed by atoms with Crippen LogP contribution in [-0.4, -0.2) is 50.5 Å². The third-order valence-electron chi connectivity index (χ3n) is 5.19. The molecule has 0 bridgehead atoms. The molecule has 2 atom stereocenters. The first kappa shape index (κ1) is 16.5. The minimum atomic E-state index is -0.150. The van der Waals surface area contributed by atoms with Crippen molar-refractivity contribution in [1.82, 2.24) is 19.5 Å². The van der Waals surface area contributed by atoms with E-state index >= 15 is 0 Å². The van der Waals surface area contributed by atoms with Crippen LogP contribution in [-0.2, 0) is 11.3 Å². The molecular weight excluding hydrogens is 346 g/mol. The lowest BCUT2D eigenvalue weighted by Crippen LogP contribution is -2.26. The fourth-order valence-corrected chi connectivity index (χ4v) is 3.81. The Morgan fingerprint density at radius 2 is 2.07 bits per heavy atom. The molecule has 0 amide bonds. The van der Waals surface area contributed by atoms with Gasteiger partial charge in [-0.25, -0.2) is 15.0 Å². The van der Waals surface area contributed by atoms with Crippen LogP contribution < -0.4 is 9.64 Å². The molecule has 2 aromatic heterocycles. The SMILES string of the molecule is OCC1CCC(n2cnc3c(N4CCOc5ccccc5C4)ncnc32)O1. The number of hydrogen-bond donors (Lipinski definition) is 1. The summed E-state index contributed by atoms with van der Waals surface area (Å²) < 4.78 is 13.7. The Morgan fingerprint density at radius 1 is 1.15 bits per heavy atom. The minimum absolute atomic E-state index is 0.0382. The molecule has 0 spiro atoms. The van der Waals surface area contributed by atoms with Crippen LogP contribution >= 0.6 is 0 Å². The van der Waals surface area contributed by atoms with Gasteiger partial charge in [-0.05, 0) is 18.9 Å². The number of aliphatic hydroxyl groups excluding tert-OH is 1. The van der Waals surface area contributed by atoms with Crippen molar-refractivity contribution in [2.75, 3.05) is 24.7 Å². The summed E-state index contributed by atoms with van der Waals surface area (Å²) in [5.74, 6) is 1.72. The smallest absolute Gasteiger partial charge is 0.167 e. The van der Waals surface area contributed by atoms with Crippen molar-refractivity contribution in [2.24, 2.45) is 0 Å². The lowest BCUT2D eigenvalue weighted by molar-refractivity contribution is -0.0207. The maximum Gasteiger partial charge on any atom is 0.167 e. The Balaban J connectivity index is 1.50. The molecule has 5 rings (SSSR count). The molecule has 1 fully saturated rings. The van der Waals surface area contributed by atoms with Gasteiger partial charge in [0.05, 0.1) is 25.6 Å². The van der Waals surface area contributed by atoms with E-state index in [2.05, 4.69) is 25.9 Å². The molecule has 8 nitrogen and oxygen atoms in total. The number of anilines is 1. The van der Waals surface area contributed by atoms with Crippen molar-refractivity contribution in [2.45, 2.75) is 31.7 Å². The van der Waals surface area contributed by atoms with Gasteiger partial charge in [0.2, 0.25) is 0 Å². The van der Waals surface area contributed by atoms with E-state index in [0.29, 0.717) is 13.2 Å². The van der Waals surface area contributed by atoms with Gasteiger partial charge in [0.15, 0.2) is 17.0 Å². The monoisotopic (exact) mass is 367 g/mol. The molecule has 8 heteroatoms. The van der Waals surface area contributed by atoms with Gasteiger partial charge in [0, 0.05) is 12.1 Å². The van der Waals surface area contributed by atoms with Crippen molar-refractivity contribution in [3.05, 3.63) is 42.5 Å². The van der Waals surface area contributed by atoms with Gasteiger partial charge in [-0.15, -0.1) is 0 Å². The summed E-state index contributed by atoms with van der Waals surface area (Å²) in [5.41, 5.74) is 2.64. The number of imidazole rings is 1. The Hall–Kier alpha value is -2.71. The van der Waals surface area contributed by atoms with Crippen molar-refractivity contribution in [1.29, 1.82) is 0 Å². The van der Waals surface area contributed by atoms with Gasteiger partial charge in [0.25, 0.3) is 0 Å². The second kappa shape index (κ2) is 6.79. The molecule has 27 heavy (non-hydrogen) atoms. The summed E-state index contributed by atoms with van der Waals surface area (Å²) in [4.78, 5) is 15.7. The van der Waals surface area contributed by atoms with E-state index < -0.39 is 0 Å². The predicted octanol–water partition coefficient (Wildman–Crippen LogP) is 1.90. The highest BCUT2D eigenvalue weighted by Gasteiger charge is 2.28. The molecule has 0 saturated carbocycles. The second-order valence-electron chi connectivity index (χ2n) is 6.87. The van der Waals surface area contributed by atoms with E-state index in [4.69, 9.17) is 9.47 Å². The summed E-state index contributed by atoms with van der Waals surface area (Å²) in [7, 11) is 0. The molecule has 0 aliphatic carbocycles. The minimum Gasteiger partial charge on any atom is -0.491 e. The fourth-order valence-electron chi connectivity index (χ4n) is 3.81. The Kier molecular flexibility index (Phi) is 4.14. The average Bonchev–Trinajstić information content (AvgIpc) is 3.29. The molecule has 2 aliphatic rings. The number of fused-ring (bicyclic) bond motifs is 2. The molecule has 2 unspecified atom stereocenters. The summed E-state index contributed by atoms with van der Waals surface area (Å²) >= 11 is 0. The zero-order valence-electron chi connectivity index (χ0n) is 14.9. The largest absolute Gasteiger partial charge is 0.491 e. The van der Waals surface area contributed by atoms with E-state index in [1.807, 2.05) is 22.8 Å². The molecule has 1 aromatic carbocycles. The Morgan fingerprint density at radius 3 is 2.96 bits per heavy atom. The van der Waals surface area contributed by atoms with Crippen LogP contribution in [0, 0.1) is 0 Å². The van der Waals surface area contributed by atoms with Crippen LogP contribution in [0.5, 0.6) is 5.75 Å². The van der Waals surface area contributed by atoms with E-state index in [0.717, 1.165) is 47.7 Å². The third kappa shape index (κ3) is 2.90. The van der Waals surface area contributed by atoms with Crippen LogP contribution in [0.4, 0.5) is 5.82 Å². The van der Waals surface area contributed by atoms with Gasteiger partial charge in [-0.2, -0.15) is 0 Å². The van der Waals surface area contributed by atoms with Gasteiger partial charge < -0.3 is 19.5 Å². The van der Waals surface area contributed by atoms with E-state index in [1.165, 1.54) is 0 Å². The summed E-state index contributed by atoms with van der Waals surface area (Å²) in [6.45, 7) is 2.06. The number of ether oxygens (including phenoxy) is 2. The molecule has 0 radical (unpaired) electrons. The predicted molar refractivity (Wildman–Crippen MR) is 98.5 cm³/mol. The van der Waals surface area contributed by atoms with Crippen LogP contribution in [0.3, 0.4) is 0 Å². The third-order valence-corrected chi connectivity index (χ3v) is 5.19. The van der Waals surface area contributed by atoms with Gasteiger partial charge in [-0.3, -0.25) is 4.57 Å². The standard InChI is InChI=1S/C19H21N5O3/c25-10-14-5-6-16(27-14)24-12-22-17-18(20-11-21-19(17)24)23-7-8-26-15-4-2-1-3-13(15)9-23/h1-4,11-12,14,16,25H,5-10H2. The first-order chi connectivity index (χ1) is 13.3. The highest BCUT2D eigenvalue weighted by atomic mass is 16.5. The summed E-state index contributed by atoms with van der Waals surface area (Å²) in [6, 6.07) is 8.08. The highest BCUT2D eigenvalue weighted by Crippen LogP contribution is 2.33. The number of aromatic nitrogens is 4. The zero-order chi connectivity index (χ0) is 18.2. The van der Waals surface area contributed by atoms with Crippen molar-refractivity contribution >= 4 is 17.0 Å². The molecule has 3 aromatic rings. The normalized spacial score (nSPS) is 22.5. The summed E-state index contributed by atoms with van der Waals surface area (Å²) in [6.07, 6.45) is 4.73. The Labute approximate surface area is 156 Å². The van der Waals surface area contributed by atoms with Gasteiger partial charge in [-0.1, -0.05) is 18.2 Å². The first-order valence-corrected chi connectivity index (χ1v) is 9.23. The number of rotatable bonds is 3. The van der Waals surface area contributed by atoms with Crippen LogP contribution in [0.1, 0.15) is 24.6 Å². The molecule has 4 heterocycles. The maximum absolute atomic E-state index is 9.32.